The van der Waals surface area contributed by atoms with Gasteiger partial charge in [-0.25, -0.2) is 13.1 Å². The molecule has 31 heavy (non-hydrogen) atoms. The molecule has 0 saturated carbocycles. The summed E-state index contributed by atoms with van der Waals surface area (Å²) in [4.78, 5) is 15.0. The molecular formula is C23H23N3O4S. The summed E-state index contributed by atoms with van der Waals surface area (Å²) in [5.74, 6) is 0.788. The van der Waals surface area contributed by atoms with Gasteiger partial charge in [0.05, 0.1) is 22.8 Å². The van der Waals surface area contributed by atoms with Crippen LogP contribution < -0.4 is 4.74 Å². The summed E-state index contributed by atoms with van der Waals surface area (Å²) in [6.45, 7) is 1.04. The summed E-state index contributed by atoms with van der Waals surface area (Å²) in [5.41, 5.74) is 3.55. The zero-order valence-electron chi connectivity index (χ0n) is 17.0. The predicted octanol–water partition coefficient (Wildman–Crippen LogP) is 2.98. The van der Waals surface area contributed by atoms with Gasteiger partial charge in [0.2, 0.25) is 0 Å². The molecule has 3 aromatic rings. The molecule has 1 amide bonds. The summed E-state index contributed by atoms with van der Waals surface area (Å²) in [5, 5.41) is 4.23. The highest BCUT2D eigenvalue weighted by atomic mass is 32.2. The Labute approximate surface area is 181 Å². The number of aromatic nitrogens is 2. The molecule has 1 fully saturated rings. The van der Waals surface area contributed by atoms with E-state index < -0.39 is 9.84 Å². The Hall–Kier alpha value is -3.13. The third-order valence-electron chi connectivity index (χ3n) is 5.85. The van der Waals surface area contributed by atoms with Crippen molar-refractivity contribution in [2.24, 2.45) is 0 Å². The van der Waals surface area contributed by atoms with Gasteiger partial charge < -0.3 is 9.64 Å². The number of rotatable bonds is 5. The molecule has 0 atom stereocenters. The molecule has 7 nitrogen and oxygen atoms in total. The van der Waals surface area contributed by atoms with E-state index in [2.05, 4.69) is 5.10 Å². The number of carbonyl (C=O) groups excluding carboxylic acids is 1. The largest absolute Gasteiger partial charge is 0.490 e. The Morgan fingerprint density at radius 3 is 2.52 bits per heavy atom. The molecule has 160 valence electrons. The molecular weight excluding hydrogens is 414 g/mol. The van der Waals surface area contributed by atoms with E-state index in [0.29, 0.717) is 37.2 Å². The minimum absolute atomic E-state index is 0.0508. The molecule has 2 aromatic carbocycles. The number of ether oxygens (including phenoxy) is 1. The van der Waals surface area contributed by atoms with Gasteiger partial charge >= 0.3 is 0 Å². The van der Waals surface area contributed by atoms with Gasteiger partial charge in [0, 0.05) is 25.5 Å². The first-order valence-electron chi connectivity index (χ1n) is 10.4. The van der Waals surface area contributed by atoms with Gasteiger partial charge in [-0.2, -0.15) is 5.10 Å². The number of carbonyl (C=O) groups is 1. The van der Waals surface area contributed by atoms with Gasteiger partial charge in [-0.3, -0.25) is 4.79 Å². The lowest BCUT2D eigenvalue weighted by Gasteiger charge is -2.24. The van der Waals surface area contributed by atoms with Crippen molar-refractivity contribution in [1.82, 2.24) is 14.7 Å². The van der Waals surface area contributed by atoms with E-state index in [9.17, 15) is 13.2 Å². The molecule has 2 aliphatic rings. The molecule has 0 bridgehead atoms. The van der Waals surface area contributed by atoms with Crippen LogP contribution in [0.4, 0.5) is 0 Å². The molecule has 0 unspecified atom stereocenters. The molecule has 0 N–H and O–H groups in total. The van der Waals surface area contributed by atoms with Crippen molar-refractivity contribution in [1.29, 1.82) is 0 Å². The number of hydrogen-bond acceptors (Lipinski definition) is 5. The van der Waals surface area contributed by atoms with Crippen molar-refractivity contribution in [3.8, 4) is 11.4 Å². The number of benzene rings is 2. The second-order valence-electron chi connectivity index (χ2n) is 8.04. The van der Waals surface area contributed by atoms with Crippen molar-refractivity contribution in [3.05, 3.63) is 77.6 Å². The second-order valence-corrected chi connectivity index (χ2v) is 10.3. The smallest absolute Gasteiger partial charge is 0.258 e. The van der Waals surface area contributed by atoms with Gasteiger partial charge in [0.1, 0.15) is 11.9 Å². The normalized spacial score (nSPS) is 18.2. The maximum absolute atomic E-state index is 13.2. The average Bonchev–Trinajstić information content (AvgIpc) is 3.40. The third-order valence-corrected chi connectivity index (χ3v) is 7.56. The van der Waals surface area contributed by atoms with E-state index in [-0.39, 0.29) is 23.5 Å². The molecule has 5 rings (SSSR count). The zero-order chi connectivity index (χ0) is 21.4. The van der Waals surface area contributed by atoms with Crippen LogP contribution in [0.2, 0.25) is 0 Å². The van der Waals surface area contributed by atoms with Gasteiger partial charge in [-0.1, -0.05) is 24.3 Å². The fraction of sp³-hybridized carbons (Fsp3) is 0.304. The molecule has 1 saturated heterocycles. The summed E-state index contributed by atoms with van der Waals surface area (Å²) < 4.78 is 31.2. The number of fused-ring (bicyclic) bond motifs is 1. The van der Waals surface area contributed by atoms with Crippen LogP contribution in [0.3, 0.4) is 0 Å². The lowest BCUT2D eigenvalue weighted by molar-refractivity contribution is 0.0760. The third kappa shape index (κ3) is 4.07. The Kier molecular flexibility index (Phi) is 5.02. The van der Waals surface area contributed by atoms with Crippen molar-refractivity contribution < 1.29 is 17.9 Å². The van der Waals surface area contributed by atoms with E-state index in [0.717, 1.165) is 16.8 Å². The highest BCUT2D eigenvalue weighted by molar-refractivity contribution is 7.91. The van der Waals surface area contributed by atoms with Crippen LogP contribution in [-0.4, -0.2) is 46.6 Å². The van der Waals surface area contributed by atoms with Gasteiger partial charge in [-0.05, 0) is 48.2 Å². The SMILES string of the molecule is O=C1c2c(cccc2OC2CCS(=O)(=O)CC2)CN1Cc1ccc(-n2cccn2)cc1. The van der Waals surface area contributed by atoms with E-state index in [1.54, 1.807) is 10.9 Å². The van der Waals surface area contributed by atoms with Gasteiger partial charge in [-0.15, -0.1) is 0 Å². The van der Waals surface area contributed by atoms with Crippen LogP contribution in [0.5, 0.6) is 5.75 Å². The predicted molar refractivity (Wildman–Crippen MR) is 116 cm³/mol. The number of nitrogens with zero attached hydrogens (tertiary/aromatic N) is 3. The number of sulfone groups is 1. The topological polar surface area (TPSA) is 81.5 Å². The summed E-state index contributed by atoms with van der Waals surface area (Å²) in [7, 11) is -2.95. The molecule has 8 heteroatoms. The Morgan fingerprint density at radius 1 is 1.03 bits per heavy atom. The Morgan fingerprint density at radius 2 is 1.81 bits per heavy atom. The number of hydrogen-bond donors (Lipinski definition) is 0. The quantitative estimate of drug-likeness (QED) is 0.613. The lowest BCUT2D eigenvalue weighted by atomic mass is 10.1. The van der Waals surface area contributed by atoms with Crippen molar-refractivity contribution in [3.63, 3.8) is 0 Å². The van der Waals surface area contributed by atoms with Crippen molar-refractivity contribution >= 4 is 15.7 Å². The van der Waals surface area contributed by atoms with Crippen LogP contribution in [0.15, 0.2) is 60.9 Å². The van der Waals surface area contributed by atoms with E-state index in [1.165, 1.54) is 0 Å². The highest BCUT2D eigenvalue weighted by Crippen LogP contribution is 2.33. The van der Waals surface area contributed by atoms with Gasteiger partial charge in [0.25, 0.3) is 5.91 Å². The van der Waals surface area contributed by atoms with Crippen LogP contribution in [0, 0.1) is 0 Å². The van der Waals surface area contributed by atoms with E-state index >= 15 is 0 Å². The highest BCUT2D eigenvalue weighted by Gasteiger charge is 2.32. The minimum atomic E-state index is -2.95. The monoisotopic (exact) mass is 437 g/mol. The first-order chi connectivity index (χ1) is 15.0. The molecule has 0 aliphatic carbocycles. The fourth-order valence-electron chi connectivity index (χ4n) is 4.17. The van der Waals surface area contributed by atoms with Crippen LogP contribution in [-0.2, 0) is 22.9 Å². The van der Waals surface area contributed by atoms with Crippen LogP contribution >= 0.6 is 0 Å². The van der Waals surface area contributed by atoms with Gasteiger partial charge in [0.15, 0.2) is 9.84 Å². The van der Waals surface area contributed by atoms with Crippen LogP contribution in [0.1, 0.15) is 34.3 Å². The fourth-order valence-corrected chi connectivity index (χ4v) is 5.62. The maximum atomic E-state index is 13.2. The summed E-state index contributed by atoms with van der Waals surface area (Å²) in [6, 6.07) is 15.5. The van der Waals surface area contributed by atoms with Crippen molar-refractivity contribution in [2.75, 3.05) is 11.5 Å². The Balaban J connectivity index is 1.29. The van der Waals surface area contributed by atoms with E-state index in [1.807, 2.05) is 59.6 Å². The summed E-state index contributed by atoms with van der Waals surface area (Å²) >= 11 is 0. The lowest BCUT2D eigenvalue weighted by Crippen LogP contribution is -2.31. The molecule has 1 aromatic heterocycles. The molecule has 2 aliphatic heterocycles. The Bertz CT molecular complexity index is 1190. The molecule has 0 spiro atoms. The minimum Gasteiger partial charge on any atom is -0.490 e. The first kappa shape index (κ1) is 19.8. The van der Waals surface area contributed by atoms with E-state index in [4.69, 9.17) is 4.74 Å². The zero-order valence-corrected chi connectivity index (χ0v) is 17.8. The van der Waals surface area contributed by atoms with Crippen molar-refractivity contribution in [2.45, 2.75) is 32.0 Å². The van der Waals surface area contributed by atoms with Crippen LogP contribution in [0.25, 0.3) is 5.69 Å². The molecule has 0 radical (unpaired) electrons. The number of amides is 1. The maximum Gasteiger partial charge on any atom is 0.258 e. The standard InChI is InChI=1S/C23H23N3O4S/c27-23-22-18(3-1-4-21(22)30-20-9-13-31(28,29)14-10-20)16-25(23)15-17-5-7-19(8-6-17)26-12-2-11-24-26/h1-8,11-12,20H,9-10,13-16H2. The molecule has 3 heterocycles. The average molecular weight is 438 g/mol. The second kappa shape index (κ2) is 7.85. The first-order valence-corrected chi connectivity index (χ1v) is 12.2. The summed E-state index contributed by atoms with van der Waals surface area (Å²) in [6.07, 6.45) is 4.38.